The lowest BCUT2D eigenvalue weighted by Crippen LogP contribution is -2.04. The van der Waals surface area contributed by atoms with Gasteiger partial charge in [0.05, 0.1) is 22.9 Å². The third-order valence-corrected chi connectivity index (χ3v) is 3.63. The molecule has 0 aliphatic heterocycles. The zero-order valence-corrected chi connectivity index (χ0v) is 11.7. The summed E-state index contributed by atoms with van der Waals surface area (Å²) >= 11 is 1.42. The lowest BCUT2D eigenvalue weighted by Gasteiger charge is -1.99. The van der Waals surface area contributed by atoms with Crippen molar-refractivity contribution in [2.45, 2.75) is 12.8 Å². The molecular weight excluding hydrogens is 280 g/mol. The molecule has 1 aromatic carbocycles. The van der Waals surface area contributed by atoms with E-state index < -0.39 is 5.97 Å². The number of anilines is 1. The maximum Gasteiger partial charge on any atom is 0.337 e. The molecule has 1 aromatic heterocycles. The Kier molecular flexibility index (Phi) is 4.52. The van der Waals surface area contributed by atoms with Crippen molar-refractivity contribution < 1.29 is 19.4 Å². The Morgan fingerprint density at radius 2 is 2.25 bits per heavy atom. The van der Waals surface area contributed by atoms with Crippen LogP contribution in [-0.4, -0.2) is 35.7 Å². The number of fused-ring (bicyclic) bond motifs is 1. The molecule has 1 heterocycles. The first-order valence-electron chi connectivity index (χ1n) is 6.04. The number of carboxylic acids is 1. The van der Waals surface area contributed by atoms with Gasteiger partial charge >= 0.3 is 11.9 Å². The zero-order valence-electron chi connectivity index (χ0n) is 10.9. The van der Waals surface area contributed by atoms with Gasteiger partial charge in [-0.05, 0) is 24.6 Å². The number of aliphatic carboxylic acids is 1. The highest BCUT2D eigenvalue weighted by molar-refractivity contribution is 7.22. The molecule has 0 spiro atoms. The maximum atomic E-state index is 11.4. The van der Waals surface area contributed by atoms with E-state index in [0.717, 1.165) is 10.2 Å². The van der Waals surface area contributed by atoms with Gasteiger partial charge in [-0.25, -0.2) is 9.78 Å². The highest BCUT2D eigenvalue weighted by Gasteiger charge is 2.09. The summed E-state index contributed by atoms with van der Waals surface area (Å²) in [5, 5.41) is 12.3. The number of methoxy groups -OCH3 is 1. The molecule has 0 saturated heterocycles. The number of carbonyl (C=O) groups is 2. The molecule has 0 fully saturated rings. The van der Waals surface area contributed by atoms with Crippen LogP contribution in [0.1, 0.15) is 23.2 Å². The van der Waals surface area contributed by atoms with Crippen LogP contribution in [0, 0.1) is 0 Å². The van der Waals surface area contributed by atoms with E-state index in [1.54, 1.807) is 18.2 Å². The molecule has 0 atom stereocenters. The highest BCUT2D eigenvalue weighted by Crippen LogP contribution is 2.27. The molecular formula is C13H14N2O4S. The molecule has 0 amide bonds. The average molecular weight is 294 g/mol. The smallest absolute Gasteiger partial charge is 0.337 e. The van der Waals surface area contributed by atoms with Crippen molar-refractivity contribution in [2.75, 3.05) is 19.0 Å². The van der Waals surface area contributed by atoms with Crippen molar-refractivity contribution in [2.24, 2.45) is 0 Å². The number of nitrogens with zero attached hydrogens (tertiary/aromatic N) is 1. The summed E-state index contributed by atoms with van der Waals surface area (Å²) in [4.78, 5) is 26.2. The Bertz CT molecular complexity index is 638. The van der Waals surface area contributed by atoms with Gasteiger partial charge in [0.1, 0.15) is 0 Å². The third-order valence-electron chi connectivity index (χ3n) is 2.65. The minimum Gasteiger partial charge on any atom is -0.481 e. The van der Waals surface area contributed by atoms with E-state index in [1.165, 1.54) is 18.4 Å². The number of hydrogen-bond donors (Lipinski definition) is 2. The van der Waals surface area contributed by atoms with Crippen LogP contribution in [0.3, 0.4) is 0 Å². The molecule has 0 bridgehead atoms. The Morgan fingerprint density at radius 3 is 2.95 bits per heavy atom. The van der Waals surface area contributed by atoms with E-state index in [4.69, 9.17) is 5.11 Å². The molecule has 106 valence electrons. The van der Waals surface area contributed by atoms with Gasteiger partial charge in [0.2, 0.25) is 0 Å². The molecule has 2 N–H and O–H groups in total. The summed E-state index contributed by atoms with van der Waals surface area (Å²) in [5.74, 6) is -1.19. The van der Waals surface area contributed by atoms with Crippen LogP contribution in [0.25, 0.3) is 10.2 Å². The van der Waals surface area contributed by atoms with E-state index in [9.17, 15) is 9.59 Å². The fourth-order valence-electron chi connectivity index (χ4n) is 1.68. The lowest BCUT2D eigenvalue weighted by molar-refractivity contribution is -0.137. The second kappa shape index (κ2) is 6.33. The number of carboxylic acid groups (broad SMARTS) is 1. The summed E-state index contributed by atoms with van der Waals surface area (Å²) in [6, 6.07) is 5.17. The predicted octanol–water partition coefficient (Wildman–Crippen LogP) is 2.36. The van der Waals surface area contributed by atoms with E-state index in [0.29, 0.717) is 23.7 Å². The number of hydrogen-bond acceptors (Lipinski definition) is 6. The van der Waals surface area contributed by atoms with Gasteiger partial charge in [0.15, 0.2) is 5.13 Å². The van der Waals surface area contributed by atoms with Gasteiger partial charge in [0, 0.05) is 13.0 Å². The Morgan fingerprint density at radius 1 is 1.45 bits per heavy atom. The Hall–Kier alpha value is -2.15. The number of rotatable bonds is 6. The number of ether oxygens (including phenoxy) is 1. The first kappa shape index (κ1) is 14.3. The quantitative estimate of drug-likeness (QED) is 0.628. The number of nitrogens with one attached hydrogen (secondary N) is 1. The van der Waals surface area contributed by atoms with Crippen molar-refractivity contribution in [1.29, 1.82) is 0 Å². The summed E-state index contributed by atoms with van der Waals surface area (Å²) in [5.41, 5.74) is 1.28. The standard InChI is InChI=1S/C13H14N2O4S/c1-19-12(18)8-4-5-9-10(7-8)20-13(15-9)14-6-2-3-11(16)17/h4-5,7H,2-3,6H2,1H3,(H,14,15)(H,16,17). The van der Waals surface area contributed by atoms with Crippen LogP contribution in [-0.2, 0) is 9.53 Å². The summed E-state index contributed by atoms with van der Waals surface area (Å²) < 4.78 is 5.55. The zero-order chi connectivity index (χ0) is 14.5. The first-order valence-corrected chi connectivity index (χ1v) is 6.86. The van der Waals surface area contributed by atoms with Gasteiger partial charge in [-0.3, -0.25) is 4.79 Å². The topological polar surface area (TPSA) is 88.5 Å². The molecule has 0 unspecified atom stereocenters. The maximum absolute atomic E-state index is 11.4. The van der Waals surface area contributed by atoms with Gasteiger partial charge in [-0.1, -0.05) is 11.3 Å². The number of benzene rings is 1. The van der Waals surface area contributed by atoms with Crippen LogP contribution in [0.15, 0.2) is 18.2 Å². The van der Waals surface area contributed by atoms with E-state index in [2.05, 4.69) is 15.0 Å². The molecule has 2 aromatic rings. The van der Waals surface area contributed by atoms with Gasteiger partial charge < -0.3 is 15.2 Å². The fraction of sp³-hybridized carbons (Fsp3) is 0.308. The molecule has 0 radical (unpaired) electrons. The molecule has 6 nitrogen and oxygen atoms in total. The van der Waals surface area contributed by atoms with E-state index in [-0.39, 0.29) is 12.4 Å². The fourth-order valence-corrected chi connectivity index (χ4v) is 2.61. The molecule has 2 rings (SSSR count). The SMILES string of the molecule is COC(=O)c1ccc2nc(NCCCC(=O)O)sc2c1. The minimum absolute atomic E-state index is 0.129. The van der Waals surface area contributed by atoms with Crippen molar-refractivity contribution in [3.05, 3.63) is 23.8 Å². The van der Waals surface area contributed by atoms with Crippen LogP contribution < -0.4 is 5.32 Å². The molecule has 7 heteroatoms. The molecule has 0 aliphatic carbocycles. The number of esters is 1. The third kappa shape index (κ3) is 3.45. The number of carbonyl (C=O) groups excluding carboxylic acids is 1. The predicted molar refractivity (Wildman–Crippen MR) is 76.3 cm³/mol. The largest absolute Gasteiger partial charge is 0.481 e. The second-order valence-corrected chi connectivity index (χ2v) is 5.15. The first-order chi connectivity index (χ1) is 9.60. The van der Waals surface area contributed by atoms with Crippen LogP contribution >= 0.6 is 11.3 Å². The number of aromatic nitrogens is 1. The Labute approximate surface area is 119 Å². The van der Waals surface area contributed by atoms with Gasteiger partial charge in [-0.2, -0.15) is 0 Å². The van der Waals surface area contributed by atoms with Crippen molar-refractivity contribution in [3.8, 4) is 0 Å². The van der Waals surface area contributed by atoms with Gasteiger partial charge in [0.25, 0.3) is 0 Å². The summed E-state index contributed by atoms with van der Waals surface area (Å²) in [6.07, 6.45) is 0.670. The second-order valence-electron chi connectivity index (χ2n) is 4.12. The normalized spacial score (nSPS) is 10.4. The molecule has 20 heavy (non-hydrogen) atoms. The van der Waals surface area contributed by atoms with Crippen LogP contribution in [0.2, 0.25) is 0 Å². The van der Waals surface area contributed by atoms with Crippen LogP contribution in [0.5, 0.6) is 0 Å². The van der Waals surface area contributed by atoms with Crippen molar-refractivity contribution >= 4 is 38.6 Å². The van der Waals surface area contributed by atoms with Crippen LogP contribution in [0.4, 0.5) is 5.13 Å². The van der Waals surface area contributed by atoms with Crippen molar-refractivity contribution in [3.63, 3.8) is 0 Å². The monoisotopic (exact) mass is 294 g/mol. The van der Waals surface area contributed by atoms with E-state index >= 15 is 0 Å². The van der Waals surface area contributed by atoms with Gasteiger partial charge in [-0.15, -0.1) is 0 Å². The lowest BCUT2D eigenvalue weighted by atomic mass is 10.2. The Balaban J connectivity index is 2.05. The van der Waals surface area contributed by atoms with E-state index in [1.807, 2.05) is 0 Å². The van der Waals surface area contributed by atoms with Crippen molar-refractivity contribution in [1.82, 2.24) is 4.98 Å². The molecule has 0 saturated carbocycles. The average Bonchev–Trinajstić information content (AvgIpc) is 2.84. The summed E-state index contributed by atoms with van der Waals surface area (Å²) in [6.45, 7) is 0.552. The molecule has 0 aliphatic rings. The number of thiazole rings is 1. The minimum atomic E-state index is -0.807. The highest BCUT2D eigenvalue weighted by atomic mass is 32.1. The summed E-state index contributed by atoms with van der Waals surface area (Å²) in [7, 11) is 1.34.